The third-order valence-electron chi connectivity index (χ3n) is 2.85. The van der Waals surface area contributed by atoms with E-state index in [0.717, 1.165) is 6.42 Å². The molecule has 86 valence electrons. The zero-order valence-electron chi connectivity index (χ0n) is 10.4. The number of rotatable bonds is 7. The van der Waals surface area contributed by atoms with E-state index in [1.807, 2.05) is 0 Å². The molecule has 0 aromatic heterocycles. The second-order valence-corrected chi connectivity index (χ2v) is 4.87. The molecule has 0 saturated heterocycles. The molecule has 0 rings (SSSR count). The fourth-order valence-electron chi connectivity index (χ4n) is 1.82. The Labute approximate surface area is 89.1 Å². The van der Waals surface area contributed by atoms with Crippen molar-refractivity contribution in [3.8, 4) is 0 Å². The zero-order chi connectivity index (χ0) is 11.1. The molecular formula is C12H27NO. The van der Waals surface area contributed by atoms with Crippen molar-refractivity contribution in [3.63, 3.8) is 0 Å². The van der Waals surface area contributed by atoms with Crippen LogP contribution in [0.3, 0.4) is 0 Å². The average molecular weight is 201 g/mol. The van der Waals surface area contributed by atoms with Gasteiger partial charge in [-0.25, -0.2) is 0 Å². The molecule has 0 spiro atoms. The van der Waals surface area contributed by atoms with Gasteiger partial charge in [-0.3, -0.25) is 0 Å². The fourth-order valence-corrected chi connectivity index (χ4v) is 1.82. The van der Waals surface area contributed by atoms with Gasteiger partial charge < -0.3 is 10.4 Å². The maximum Gasteiger partial charge on any atom is 0.0587 e. The van der Waals surface area contributed by atoms with Crippen LogP contribution in [0.5, 0.6) is 0 Å². The summed E-state index contributed by atoms with van der Waals surface area (Å²) in [5.74, 6) is 1.27. The van der Waals surface area contributed by atoms with Crippen molar-refractivity contribution in [2.45, 2.75) is 59.5 Å². The first kappa shape index (κ1) is 13.9. The van der Waals surface area contributed by atoms with Gasteiger partial charge >= 0.3 is 0 Å². The monoisotopic (exact) mass is 201 g/mol. The van der Waals surface area contributed by atoms with Crippen molar-refractivity contribution in [3.05, 3.63) is 0 Å². The van der Waals surface area contributed by atoms with Crippen molar-refractivity contribution in [2.75, 3.05) is 6.61 Å². The van der Waals surface area contributed by atoms with Crippen LogP contribution in [0.15, 0.2) is 0 Å². The second-order valence-electron chi connectivity index (χ2n) is 4.87. The molecule has 0 aromatic rings. The molecule has 0 heterocycles. The van der Waals surface area contributed by atoms with Gasteiger partial charge in [0.25, 0.3) is 0 Å². The lowest BCUT2D eigenvalue weighted by Crippen LogP contribution is -2.43. The summed E-state index contributed by atoms with van der Waals surface area (Å²) in [6.07, 6.45) is 2.29. The van der Waals surface area contributed by atoms with E-state index in [1.54, 1.807) is 0 Å². The molecule has 0 aliphatic rings. The predicted molar refractivity (Wildman–Crippen MR) is 62.4 cm³/mol. The number of hydrogen-bond acceptors (Lipinski definition) is 2. The third kappa shape index (κ3) is 5.61. The Bertz CT molecular complexity index is 136. The molecule has 0 fully saturated rings. The highest BCUT2D eigenvalue weighted by atomic mass is 16.3. The van der Waals surface area contributed by atoms with E-state index in [9.17, 15) is 5.11 Å². The van der Waals surface area contributed by atoms with Crippen LogP contribution in [0, 0.1) is 11.8 Å². The standard InChI is InChI=1S/C12H27NO/c1-6-10(4)12(8-14)13-11(5)7-9(2)3/h9-14H,6-8H2,1-5H3. The summed E-state index contributed by atoms with van der Waals surface area (Å²) in [4.78, 5) is 0. The molecule has 3 unspecified atom stereocenters. The minimum atomic E-state index is 0.247. The van der Waals surface area contributed by atoms with Gasteiger partial charge in [-0.1, -0.05) is 34.1 Å². The van der Waals surface area contributed by atoms with Gasteiger partial charge in [0.2, 0.25) is 0 Å². The van der Waals surface area contributed by atoms with Crippen LogP contribution in [0.25, 0.3) is 0 Å². The average Bonchev–Trinajstić information content (AvgIpc) is 2.11. The van der Waals surface area contributed by atoms with E-state index in [0.29, 0.717) is 17.9 Å². The van der Waals surface area contributed by atoms with E-state index in [4.69, 9.17) is 0 Å². The maximum absolute atomic E-state index is 9.25. The largest absolute Gasteiger partial charge is 0.395 e. The van der Waals surface area contributed by atoms with Gasteiger partial charge in [0.1, 0.15) is 0 Å². The van der Waals surface area contributed by atoms with Crippen LogP contribution in [0.2, 0.25) is 0 Å². The van der Waals surface area contributed by atoms with Crippen LogP contribution in [0.4, 0.5) is 0 Å². The Morgan fingerprint density at radius 1 is 1.14 bits per heavy atom. The van der Waals surface area contributed by atoms with Crippen molar-refractivity contribution in [2.24, 2.45) is 11.8 Å². The van der Waals surface area contributed by atoms with Gasteiger partial charge in [-0.2, -0.15) is 0 Å². The summed E-state index contributed by atoms with van der Waals surface area (Å²) in [5, 5.41) is 12.7. The fraction of sp³-hybridized carbons (Fsp3) is 1.00. The van der Waals surface area contributed by atoms with Crippen LogP contribution >= 0.6 is 0 Å². The second kappa shape index (κ2) is 7.24. The van der Waals surface area contributed by atoms with E-state index in [-0.39, 0.29) is 12.6 Å². The lowest BCUT2D eigenvalue weighted by Gasteiger charge is -2.27. The van der Waals surface area contributed by atoms with Gasteiger partial charge in [-0.15, -0.1) is 0 Å². The molecule has 3 atom stereocenters. The lowest BCUT2D eigenvalue weighted by atomic mass is 9.97. The Balaban J connectivity index is 3.91. The molecule has 0 bridgehead atoms. The number of aliphatic hydroxyl groups is 1. The van der Waals surface area contributed by atoms with Crippen molar-refractivity contribution in [1.82, 2.24) is 5.32 Å². The maximum atomic E-state index is 9.25. The van der Waals surface area contributed by atoms with E-state index in [1.165, 1.54) is 6.42 Å². The third-order valence-corrected chi connectivity index (χ3v) is 2.85. The normalized spacial score (nSPS) is 18.2. The van der Waals surface area contributed by atoms with Crippen molar-refractivity contribution in [1.29, 1.82) is 0 Å². The van der Waals surface area contributed by atoms with Crippen LogP contribution in [0.1, 0.15) is 47.5 Å². The first-order chi connectivity index (χ1) is 6.51. The smallest absolute Gasteiger partial charge is 0.0587 e. The zero-order valence-corrected chi connectivity index (χ0v) is 10.4. The van der Waals surface area contributed by atoms with Gasteiger partial charge in [0.15, 0.2) is 0 Å². The first-order valence-corrected chi connectivity index (χ1v) is 5.88. The van der Waals surface area contributed by atoms with Crippen molar-refractivity contribution < 1.29 is 5.11 Å². The SMILES string of the molecule is CCC(C)C(CO)NC(C)CC(C)C. The summed E-state index contributed by atoms with van der Waals surface area (Å²) < 4.78 is 0. The molecule has 0 amide bonds. The molecule has 2 nitrogen and oxygen atoms in total. The van der Waals surface area contributed by atoms with Gasteiger partial charge in [-0.05, 0) is 25.2 Å². The van der Waals surface area contributed by atoms with E-state index >= 15 is 0 Å². The first-order valence-electron chi connectivity index (χ1n) is 5.88. The van der Waals surface area contributed by atoms with Gasteiger partial charge in [0.05, 0.1) is 6.61 Å². The molecule has 0 aliphatic carbocycles. The Hall–Kier alpha value is -0.0800. The van der Waals surface area contributed by atoms with Crippen LogP contribution < -0.4 is 5.32 Å². The molecule has 0 aromatic carbocycles. The van der Waals surface area contributed by atoms with E-state index in [2.05, 4.69) is 39.9 Å². The number of nitrogens with one attached hydrogen (secondary N) is 1. The summed E-state index contributed by atoms with van der Waals surface area (Å²) in [6, 6.07) is 0.759. The molecular weight excluding hydrogens is 174 g/mol. The summed E-state index contributed by atoms with van der Waals surface area (Å²) in [6.45, 7) is 11.3. The predicted octanol–water partition coefficient (Wildman–Crippen LogP) is 2.42. The molecule has 0 saturated carbocycles. The molecule has 2 N–H and O–H groups in total. The molecule has 0 aliphatic heterocycles. The summed E-state index contributed by atoms with van der Waals surface area (Å²) in [5.41, 5.74) is 0. The highest BCUT2D eigenvalue weighted by molar-refractivity contribution is 4.75. The Morgan fingerprint density at radius 3 is 2.07 bits per heavy atom. The number of hydrogen-bond donors (Lipinski definition) is 2. The Morgan fingerprint density at radius 2 is 1.71 bits per heavy atom. The quantitative estimate of drug-likeness (QED) is 0.663. The summed E-state index contributed by atoms with van der Waals surface area (Å²) in [7, 11) is 0. The molecule has 2 heteroatoms. The van der Waals surface area contributed by atoms with Crippen LogP contribution in [-0.2, 0) is 0 Å². The molecule has 14 heavy (non-hydrogen) atoms. The minimum Gasteiger partial charge on any atom is -0.395 e. The lowest BCUT2D eigenvalue weighted by molar-refractivity contribution is 0.188. The van der Waals surface area contributed by atoms with E-state index < -0.39 is 0 Å². The van der Waals surface area contributed by atoms with Gasteiger partial charge in [0, 0.05) is 12.1 Å². The minimum absolute atomic E-state index is 0.247. The summed E-state index contributed by atoms with van der Waals surface area (Å²) >= 11 is 0. The highest BCUT2D eigenvalue weighted by Gasteiger charge is 2.17. The van der Waals surface area contributed by atoms with Crippen LogP contribution in [-0.4, -0.2) is 23.8 Å². The molecule has 0 radical (unpaired) electrons. The number of aliphatic hydroxyl groups excluding tert-OH is 1. The Kier molecular flexibility index (Phi) is 7.20. The topological polar surface area (TPSA) is 32.3 Å². The van der Waals surface area contributed by atoms with Crippen molar-refractivity contribution >= 4 is 0 Å². The highest BCUT2D eigenvalue weighted by Crippen LogP contribution is 2.10.